The Kier molecular flexibility index (Phi) is 8.93. The number of aromatic nitrogens is 1. The van der Waals surface area contributed by atoms with Crippen LogP contribution in [-0.4, -0.2) is 41.6 Å². The number of nitrogens with zero attached hydrogens (tertiary/aromatic N) is 2. The van der Waals surface area contributed by atoms with Crippen molar-refractivity contribution in [1.82, 2.24) is 9.88 Å². The standard InChI is InChI=1S/C31H30ClF2N3O4S/c1-17-3-6-20(14-36-17)19-7-12-25(40-2)21(13-19)15-37(22-8-4-18(5-9-22)16-41-31(35)39)30(38)29-27(32)26-23(33)10-11-24(34)28(26)42-29/h3,6-7,10-14,18,22H,4-5,8-9,15-16H2,1-2H3,(H2,35,39). The van der Waals surface area contributed by atoms with Crippen LogP contribution in [0.3, 0.4) is 0 Å². The van der Waals surface area contributed by atoms with E-state index in [0.717, 1.165) is 45.9 Å². The summed E-state index contributed by atoms with van der Waals surface area (Å²) >= 11 is 7.40. The molecule has 0 aliphatic heterocycles. The van der Waals surface area contributed by atoms with Gasteiger partial charge in [0.05, 0.1) is 28.8 Å². The molecule has 2 amide bonds. The number of benzene rings is 2. The zero-order chi connectivity index (χ0) is 30.0. The summed E-state index contributed by atoms with van der Waals surface area (Å²) < 4.78 is 40.0. The maximum atomic E-state index is 14.7. The number of carbonyl (C=O) groups excluding carboxylic acids is 2. The van der Waals surface area contributed by atoms with Crippen molar-refractivity contribution in [2.45, 2.75) is 45.2 Å². The lowest BCUT2D eigenvalue weighted by atomic mass is 9.85. The first-order chi connectivity index (χ1) is 20.2. The topological polar surface area (TPSA) is 94.8 Å². The summed E-state index contributed by atoms with van der Waals surface area (Å²) in [5.74, 6) is -1.02. The Hall–Kier alpha value is -3.76. The Balaban J connectivity index is 1.51. The molecule has 2 aromatic carbocycles. The van der Waals surface area contributed by atoms with E-state index in [9.17, 15) is 18.4 Å². The van der Waals surface area contributed by atoms with Crippen molar-refractivity contribution in [2.75, 3.05) is 13.7 Å². The predicted molar refractivity (Wildman–Crippen MR) is 159 cm³/mol. The Bertz CT molecular complexity index is 1620. The van der Waals surface area contributed by atoms with Crippen LogP contribution in [-0.2, 0) is 11.3 Å². The normalized spacial score (nSPS) is 16.8. The summed E-state index contributed by atoms with van der Waals surface area (Å²) in [5, 5.41) is -0.194. The second-order valence-electron chi connectivity index (χ2n) is 10.4. The van der Waals surface area contributed by atoms with E-state index in [1.54, 1.807) is 18.2 Å². The molecule has 0 bridgehead atoms. The summed E-state index contributed by atoms with van der Waals surface area (Å²) in [5.41, 5.74) is 8.61. The number of aryl methyl sites for hydroxylation is 1. The van der Waals surface area contributed by atoms with E-state index in [0.29, 0.717) is 31.4 Å². The van der Waals surface area contributed by atoms with Gasteiger partial charge in [0.1, 0.15) is 22.3 Å². The quantitative estimate of drug-likeness (QED) is 0.222. The van der Waals surface area contributed by atoms with Crippen LogP contribution in [0.25, 0.3) is 21.2 Å². The summed E-state index contributed by atoms with van der Waals surface area (Å²) in [6.07, 6.45) is 3.65. The van der Waals surface area contributed by atoms with Gasteiger partial charge in [-0.15, -0.1) is 11.3 Å². The number of hydrogen-bond donors (Lipinski definition) is 1. The molecule has 5 rings (SSSR count). The lowest BCUT2D eigenvalue weighted by Crippen LogP contribution is -2.42. The third-order valence-electron chi connectivity index (χ3n) is 7.72. The maximum Gasteiger partial charge on any atom is 0.404 e. The monoisotopic (exact) mass is 613 g/mol. The number of thiophene rings is 1. The number of nitrogens with two attached hydrogens (primary N) is 1. The average Bonchev–Trinajstić information content (AvgIpc) is 3.35. The molecule has 1 saturated carbocycles. The Morgan fingerprint density at radius 2 is 1.79 bits per heavy atom. The Morgan fingerprint density at radius 1 is 1.07 bits per heavy atom. The zero-order valence-corrected chi connectivity index (χ0v) is 24.7. The van der Waals surface area contributed by atoms with Crippen LogP contribution in [0.1, 0.15) is 46.6 Å². The van der Waals surface area contributed by atoms with E-state index in [2.05, 4.69) is 4.98 Å². The zero-order valence-electron chi connectivity index (χ0n) is 23.2. The molecule has 11 heteroatoms. The summed E-state index contributed by atoms with van der Waals surface area (Å²) in [7, 11) is 1.57. The molecule has 1 aliphatic rings. The smallest absolute Gasteiger partial charge is 0.404 e. The largest absolute Gasteiger partial charge is 0.496 e. The third kappa shape index (κ3) is 6.19. The van der Waals surface area contributed by atoms with Crippen LogP contribution >= 0.6 is 22.9 Å². The average molecular weight is 614 g/mol. The third-order valence-corrected chi connectivity index (χ3v) is 9.40. The second kappa shape index (κ2) is 12.6. The molecule has 0 spiro atoms. The van der Waals surface area contributed by atoms with Gasteiger partial charge in [-0.1, -0.05) is 23.7 Å². The van der Waals surface area contributed by atoms with Crippen LogP contribution in [0.4, 0.5) is 13.6 Å². The van der Waals surface area contributed by atoms with E-state index in [1.165, 1.54) is 0 Å². The van der Waals surface area contributed by atoms with Crippen molar-refractivity contribution < 1.29 is 27.8 Å². The summed E-state index contributed by atoms with van der Waals surface area (Å²) in [6.45, 7) is 2.31. The number of carbonyl (C=O) groups is 2. The molecule has 2 aromatic heterocycles. The van der Waals surface area contributed by atoms with Crippen LogP contribution in [0.5, 0.6) is 5.75 Å². The SMILES string of the molecule is COc1ccc(-c2ccc(C)nc2)cc1CN(C(=O)c1sc2c(F)ccc(F)c2c1Cl)C1CCC(COC(N)=O)CC1. The molecule has 220 valence electrons. The van der Waals surface area contributed by atoms with Crippen molar-refractivity contribution >= 4 is 45.0 Å². The minimum absolute atomic E-state index is 0.00191. The van der Waals surface area contributed by atoms with Gasteiger partial charge in [-0.05, 0) is 74.4 Å². The number of pyridine rings is 1. The fourth-order valence-corrected chi connectivity index (χ4v) is 6.96. The number of halogens is 3. The molecule has 2 heterocycles. The van der Waals surface area contributed by atoms with Crippen LogP contribution in [0, 0.1) is 24.5 Å². The number of amides is 2. The van der Waals surface area contributed by atoms with Gasteiger partial charge in [-0.25, -0.2) is 13.6 Å². The highest BCUT2D eigenvalue weighted by molar-refractivity contribution is 7.21. The predicted octanol–water partition coefficient (Wildman–Crippen LogP) is 7.51. The van der Waals surface area contributed by atoms with Crippen molar-refractivity contribution in [3.8, 4) is 16.9 Å². The highest BCUT2D eigenvalue weighted by Crippen LogP contribution is 2.41. The van der Waals surface area contributed by atoms with Crippen molar-refractivity contribution in [3.05, 3.63) is 81.5 Å². The molecule has 2 N–H and O–H groups in total. The van der Waals surface area contributed by atoms with E-state index in [-0.39, 0.29) is 45.1 Å². The van der Waals surface area contributed by atoms with Crippen LogP contribution in [0.15, 0.2) is 48.7 Å². The molecule has 0 radical (unpaired) electrons. The minimum Gasteiger partial charge on any atom is -0.496 e. The highest BCUT2D eigenvalue weighted by atomic mass is 35.5. The van der Waals surface area contributed by atoms with Crippen LogP contribution < -0.4 is 10.5 Å². The van der Waals surface area contributed by atoms with E-state index >= 15 is 0 Å². The second-order valence-corrected chi connectivity index (χ2v) is 11.8. The Labute approximate surface area is 251 Å². The minimum atomic E-state index is -0.816. The fourth-order valence-electron chi connectivity index (χ4n) is 5.46. The van der Waals surface area contributed by atoms with Gasteiger partial charge in [0.15, 0.2) is 0 Å². The molecule has 1 aliphatic carbocycles. The summed E-state index contributed by atoms with van der Waals surface area (Å²) in [4.78, 5) is 31.5. The number of hydrogen-bond acceptors (Lipinski definition) is 6. The molecule has 42 heavy (non-hydrogen) atoms. The van der Waals surface area contributed by atoms with Gasteiger partial charge in [0, 0.05) is 35.6 Å². The van der Waals surface area contributed by atoms with Gasteiger partial charge in [-0.3, -0.25) is 9.78 Å². The molecular weight excluding hydrogens is 584 g/mol. The molecule has 1 fully saturated rings. The van der Waals surface area contributed by atoms with E-state index < -0.39 is 23.6 Å². The molecule has 0 unspecified atom stereocenters. The number of methoxy groups -OCH3 is 1. The first kappa shape index (κ1) is 29.7. The molecular formula is C31H30ClF2N3O4S. The first-order valence-electron chi connectivity index (χ1n) is 13.6. The van der Waals surface area contributed by atoms with Crippen LogP contribution in [0.2, 0.25) is 5.02 Å². The van der Waals surface area contributed by atoms with Crippen molar-refractivity contribution in [1.29, 1.82) is 0 Å². The number of fused-ring (bicyclic) bond motifs is 1. The van der Waals surface area contributed by atoms with Crippen molar-refractivity contribution in [2.24, 2.45) is 11.7 Å². The van der Waals surface area contributed by atoms with E-state index in [1.807, 2.05) is 37.3 Å². The van der Waals surface area contributed by atoms with Crippen molar-refractivity contribution in [3.63, 3.8) is 0 Å². The number of ether oxygens (including phenoxy) is 2. The number of primary amides is 1. The van der Waals surface area contributed by atoms with Gasteiger partial charge < -0.3 is 20.1 Å². The maximum absolute atomic E-state index is 14.7. The first-order valence-corrected chi connectivity index (χ1v) is 14.7. The van der Waals surface area contributed by atoms with Gasteiger partial charge in [0.2, 0.25) is 0 Å². The molecule has 0 atom stereocenters. The molecule has 4 aromatic rings. The fraction of sp³-hybridized carbons (Fsp3) is 0.323. The lowest BCUT2D eigenvalue weighted by Gasteiger charge is -2.37. The lowest BCUT2D eigenvalue weighted by molar-refractivity contribution is 0.0554. The Morgan fingerprint density at radius 3 is 2.43 bits per heavy atom. The van der Waals surface area contributed by atoms with Gasteiger partial charge in [0.25, 0.3) is 5.91 Å². The van der Waals surface area contributed by atoms with Gasteiger partial charge in [-0.2, -0.15) is 0 Å². The number of rotatable bonds is 8. The van der Waals surface area contributed by atoms with E-state index in [4.69, 9.17) is 26.8 Å². The van der Waals surface area contributed by atoms with Gasteiger partial charge >= 0.3 is 6.09 Å². The molecule has 7 nitrogen and oxygen atoms in total. The highest BCUT2D eigenvalue weighted by Gasteiger charge is 2.33. The molecule has 0 saturated heterocycles. The summed E-state index contributed by atoms with van der Waals surface area (Å²) in [6, 6.07) is 11.5.